The molecule has 1 aromatic heterocycles. The minimum Gasteiger partial charge on any atom is -0.309 e. The monoisotopic (exact) mass is 549 g/mol. The minimum atomic E-state index is 1.17. The highest BCUT2D eigenvalue weighted by Crippen LogP contribution is 2.37. The predicted molar refractivity (Wildman–Crippen MR) is 184 cm³/mol. The van der Waals surface area contributed by atoms with Crippen LogP contribution in [0.15, 0.2) is 152 Å². The van der Waals surface area contributed by atoms with E-state index >= 15 is 0 Å². The molecule has 0 aliphatic rings. The van der Waals surface area contributed by atoms with Crippen molar-refractivity contribution in [3.8, 4) is 39.1 Å². The molecule has 0 amide bonds. The molecule has 8 rings (SSSR count). The first-order valence-electron chi connectivity index (χ1n) is 14.9. The minimum absolute atomic E-state index is 1.17. The molecule has 8 aromatic rings. The third-order valence-corrected chi connectivity index (χ3v) is 8.89. The molecule has 1 heteroatoms. The van der Waals surface area contributed by atoms with Gasteiger partial charge in [0.25, 0.3) is 0 Å². The summed E-state index contributed by atoms with van der Waals surface area (Å²) in [5, 5.41) is 5.07. The second-order valence-corrected chi connectivity index (χ2v) is 11.5. The third kappa shape index (κ3) is 4.33. The zero-order valence-electron chi connectivity index (χ0n) is 24.4. The van der Waals surface area contributed by atoms with Gasteiger partial charge in [-0.3, -0.25) is 0 Å². The molecule has 0 saturated carbocycles. The van der Waals surface area contributed by atoms with Crippen LogP contribution in [0.3, 0.4) is 0 Å². The van der Waals surface area contributed by atoms with E-state index in [0.29, 0.717) is 0 Å². The molecule has 0 bridgehead atoms. The highest BCUT2D eigenvalue weighted by molar-refractivity contribution is 6.10. The zero-order valence-corrected chi connectivity index (χ0v) is 24.4. The van der Waals surface area contributed by atoms with Crippen LogP contribution in [0.1, 0.15) is 11.1 Å². The lowest BCUT2D eigenvalue weighted by molar-refractivity contribution is 1.18. The van der Waals surface area contributed by atoms with E-state index in [9.17, 15) is 0 Å². The van der Waals surface area contributed by atoms with Gasteiger partial charge in [0.2, 0.25) is 0 Å². The fourth-order valence-electron chi connectivity index (χ4n) is 6.57. The quantitative estimate of drug-likeness (QED) is 0.206. The third-order valence-electron chi connectivity index (χ3n) is 8.89. The Morgan fingerprint density at radius 2 is 0.977 bits per heavy atom. The van der Waals surface area contributed by atoms with Gasteiger partial charge in [-0.2, -0.15) is 0 Å². The summed E-state index contributed by atoms with van der Waals surface area (Å²) in [6, 6.07) is 55.4. The number of hydrogen-bond acceptors (Lipinski definition) is 0. The van der Waals surface area contributed by atoms with Crippen molar-refractivity contribution in [3.63, 3.8) is 0 Å². The highest BCUT2D eigenvalue weighted by Gasteiger charge is 2.14. The Kier molecular flexibility index (Phi) is 5.98. The van der Waals surface area contributed by atoms with Crippen molar-refractivity contribution in [2.75, 3.05) is 0 Å². The van der Waals surface area contributed by atoms with Crippen LogP contribution in [0, 0.1) is 13.8 Å². The molecule has 0 saturated heterocycles. The number of para-hydroxylation sites is 1. The standard InChI is InChI=1S/C42H31N/c1-28-9-3-6-12-37(28)39-26-34(16-15-29(39)2)35-21-24-42-40(27-35)38-13-7-8-14-41(38)43(42)36-22-19-31(20-23-36)33-18-17-30-10-4-5-11-32(30)25-33/h3-27H,1-2H3. The van der Waals surface area contributed by atoms with E-state index in [0.717, 1.165) is 0 Å². The van der Waals surface area contributed by atoms with Crippen LogP contribution in [0.4, 0.5) is 0 Å². The van der Waals surface area contributed by atoms with Gasteiger partial charge in [0.15, 0.2) is 0 Å². The van der Waals surface area contributed by atoms with Crippen LogP contribution >= 0.6 is 0 Å². The van der Waals surface area contributed by atoms with Crippen molar-refractivity contribution in [1.82, 2.24) is 4.57 Å². The van der Waals surface area contributed by atoms with E-state index in [2.05, 4.69) is 170 Å². The maximum absolute atomic E-state index is 2.40. The van der Waals surface area contributed by atoms with Crippen molar-refractivity contribution in [3.05, 3.63) is 163 Å². The van der Waals surface area contributed by atoms with Crippen molar-refractivity contribution >= 4 is 32.6 Å². The summed E-state index contributed by atoms with van der Waals surface area (Å²) in [5.41, 5.74) is 13.7. The van der Waals surface area contributed by atoms with Crippen LogP contribution in [-0.4, -0.2) is 4.57 Å². The topological polar surface area (TPSA) is 4.93 Å². The van der Waals surface area contributed by atoms with Gasteiger partial charge in [-0.05, 0) is 112 Å². The van der Waals surface area contributed by atoms with Crippen LogP contribution in [-0.2, 0) is 0 Å². The molecular weight excluding hydrogens is 518 g/mol. The van der Waals surface area contributed by atoms with E-state index in [1.54, 1.807) is 0 Å². The molecule has 0 aliphatic heterocycles. The average molecular weight is 550 g/mol. The van der Waals surface area contributed by atoms with E-state index in [1.807, 2.05) is 0 Å². The van der Waals surface area contributed by atoms with Crippen molar-refractivity contribution < 1.29 is 0 Å². The summed E-state index contributed by atoms with van der Waals surface area (Å²) >= 11 is 0. The van der Waals surface area contributed by atoms with Gasteiger partial charge in [0.05, 0.1) is 11.0 Å². The van der Waals surface area contributed by atoms with Gasteiger partial charge in [-0.15, -0.1) is 0 Å². The van der Waals surface area contributed by atoms with Crippen LogP contribution in [0.25, 0.3) is 71.6 Å². The summed E-state index contributed by atoms with van der Waals surface area (Å²) < 4.78 is 2.40. The van der Waals surface area contributed by atoms with Crippen LogP contribution < -0.4 is 0 Å². The Balaban J connectivity index is 1.23. The summed E-state index contributed by atoms with van der Waals surface area (Å²) in [6.45, 7) is 4.39. The normalized spacial score (nSPS) is 11.5. The number of fused-ring (bicyclic) bond motifs is 4. The Morgan fingerprint density at radius 3 is 1.84 bits per heavy atom. The molecular formula is C42H31N. The number of aromatic nitrogens is 1. The molecule has 0 radical (unpaired) electrons. The molecule has 0 N–H and O–H groups in total. The van der Waals surface area contributed by atoms with Gasteiger partial charge in [0.1, 0.15) is 0 Å². The molecule has 204 valence electrons. The molecule has 43 heavy (non-hydrogen) atoms. The summed E-state index contributed by atoms with van der Waals surface area (Å²) in [4.78, 5) is 0. The smallest absolute Gasteiger partial charge is 0.0541 e. The number of aryl methyl sites for hydroxylation is 2. The lowest BCUT2D eigenvalue weighted by atomic mass is 9.92. The predicted octanol–water partition coefficient (Wildman–Crippen LogP) is 11.6. The Bertz CT molecular complexity index is 2300. The molecule has 0 atom stereocenters. The fraction of sp³-hybridized carbons (Fsp3) is 0.0476. The van der Waals surface area contributed by atoms with Gasteiger partial charge in [-0.25, -0.2) is 0 Å². The summed E-state index contributed by atoms with van der Waals surface area (Å²) in [7, 11) is 0. The Hall–Kier alpha value is -5.40. The van der Waals surface area contributed by atoms with Crippen LogP contribution in [0.2, 0.25) is 0 Å². The van der Waals surface area contributed by atoms with Crippen molar-refractivity contribution in [1.29, 1.82) is 0 Å². The molecule has 1 nitrogen and oxygen atoms in total. The second-order valence-electron chi connectivity index (χ2n) is 11.5. The van der Waals surface area contributed by atoms with Gasteiger partial charge in [-0.1, -0.05) is 109 Å². The largest absolute Gasteiger partial charge is 0.309 e. The number of benzene rings is 7. The highest BCUT2D eigenvalue weighted by atomic mass is 15.0. The number of rotatable bonds is 4. The van der Waals surface area contributed by atoms with E-state index in [4.69, 9.17) is 0 Å². The van der Waals surface area contributed by atoms with Crippen molar-refractivity contribution in [2.45, 2.75) is 13.8 Å². The molecule has 0 unspecified atom stereocenters. The van der Waals surface area contributed by atoms with Gasteiger partial charge < -0.3 is 4.57 Å². The van der Waals surface area contributed by atoms with E-state index in [-0.39, 0.29) is 0 Å². The Labute approximate surface area is 252 Å². The summed E-state index contributed by atoms with van der Waals surface area (Å²) in [6.07, 6.45) is 0. The van der Waals surface area contributed by atoms with E-state index < -0.39 is 0 Å². The van der Waals surface area contributed by atoms with Gasteiger partial charge >= 0.3 is 0 Å². The van der Waals surface area contributed by atoms with Crippen molar-refractivity contribution in [2.24, 2.45) is 0 Å². The first-order chi connectivity index (χ1) is 21.1. The maximum atomic E-state index is 2.40. The molecule has 0 fully saturated rings. The summed E-state index contributed by atoms with van der Waals surface area (Å²) in [5.74, 6) is 0. The molecule has 1 heterocycles. The lowest BCUT2D eigenvalue weighted by Gasteiger charge is -2.13. The SMILES string of the molecule is Cc1ccccc1-c1cc(-c2ccc3c(c2)c2ccccc2n3-c2ccc(-c3ccc4ccccc4c3)cc2)ccc1C. The first kappa shape index (κ1) is 25.3. The fourth-order valence-corrected chi connectivity index (χ4v) is 6.57. The maximum Gasteiger partial charge on any atom is 0.0541 e. The molecule has 0 spiro atoms. The number of nitrogens with zero attached hydrogens (tertiary/aromatic N) is 1. The van der Waals surface area contributed by atoms with Gasteiger partial charge in [0, 0.05) is 16.5 Å². The average Bonchev–Trinajstić information content (AvgIpc) is 3.39. The van der Waals surface area contributed by atoms with Crippen LogP contribution in [0.5, 0.6) is 0 Å². The Morgan fingerprint density at radius 1 is 0.372 bits per heavy atom. The number of hydrogen-bond donors (Lipinski definition) is 0. The molecule has 7 aromatic carbocycles. The second kappa shape index (κ2) is 10.2. The lowest BCUT2D eigenvalue weighted by Crippen LogP contribution is -1.94. The molecule has 0 aliphatic carbocycles. The first-order valence-corrected chi connectivity index (χ1v) is 14.9. The van der Waals surface area contributed by atoms with E-state index in [1.165, 1.54) is 82.8 Å². The zero-order chi connectivity index (χ0) is 28.9.